The molecule has 2 aliphatic rings. The van der Waals surface area contributed by atoms with Crippen LogP contribution < -0.4 is 4.74 Å². The number of esters is 2. The molecule has 3 aromatic carbocycles. The van der Waals surface area contributed by atoms with E-state index in [0.29, 0.717) is 16.9 Å². The van der Waals surface area contributed by atoms with E-state index in [4.69, 9.17) is 33.2 Å². The van der Waals surface area contributed by atoms with Gasteiger partial charge in [0.2, 0.25) is 0 Å². The fourth-order valence-corrected chi connectivity index (χ4v) is 4.46. The quantitative estimate of drug-likeness (QED) is 0.429. The number of hydrogen-bond donors (Lipinski definition) is 0. The number of hydrogen-bond acceptors (Lipinski definition) is 9. The van der Waals surface area contributed by atoms with Crippen molar-refractivity contribution in [1.82, 2.24) is 0 Å². The number of rotatable bonds is 7. The maximum Gasteiger partial charge on any atom is 0.338 e. The summed E-state index contributed by atoms with van der Waals surface area (Å²) in [4.78, 5) is 26.2. The van der Waals surface area contributed by atoms with Crippen LogP contribution in [0.1, 0.15) is 32.6 Å². The Morgan fingerprint density at radius 1 is 0.737 bits per heavy atom. The molecule has 3 unspecified atom stereocenters. The smallest absolute Gasteiger partial charge is 0.338 e. The molecule has 0 saturated carbocycles. The van der Waals surface area contributed by atoms with Crippen molar-refractivity contribution >= 4 is 11.9 Å². The predicted octanol–water partition coefficient (Wildman–Crippen LogP) is 3.93. The van der Waals surface area contributed by atoms with Gasteiger partial charge < -0.3 is 33.2 Å². The lowest BCUT2D eigenvalue weighted by Gasteiger charge is -2.47. The Kier molecular flexibility index (Phi) is 8.00. The maximum absolute atomic E-state index is 13.2. The fourth-order valence-electron chi connectivity index (χ4n) is 4.46. The van der Waals surface area contributed by atoms with Gasteiger partial charge in [-0.1, -0.05) is 48.5 Å². The molecular weight excluding hydrogens is 492 g/mol. The number of methoxy groups -OCH3 is 2. The zero-order valence-corrected chi connectivity index (χ0v) is 20.9. The molecule has 0 spiro atoms. The number of carbonyl (C=O) groups excluding carboxylic acids is 2. The Bertz CT molecular complexity index is 1220. The minimum absolute atomic E-state index is 0.139. The maximum atomic E-state index is 13.2. The highest BCUT2D eigenvalue weighted by Gasteiger charge is 2.54. The minimum Gasteiger partial charge on any atom is -0.497 e. The van der Waals surface area contributed by atoms with E-state index in [1.165, 1.54) is 7.11 Å². The van der Waals surface area contributed by atoms with E-state index in [1.54, 1.807) is 79.9 Å². The van der Waals surface area contributed by atoms with Crippen molar-refractivity contribution < 1.29 is 42.7 Å². The van der Waals surface area contributed by atoms with Crippen LogP contribution in [0.25, 0.3) is 0 Å². The molecule has 9 heteroatoms. The molecule has 38 heavy (non-hydrogen) atoms. The lowest BCUT2D eigenvalue weighted by atomic mass is 9.97. The highest BCUT2D eigenvalue weighted by atomic mass is 16.8. The molecule has 2 aliphatic heterocycles. The summed E-state index contributed by atoms with van der Waals surface area (Å²) in [6.07, 6.45) is -5.42. The normalized spacial score (nSPS) is 26.6. The van der Waals surface area contributed by atoms with Crippen molar-refractivity contribution in [2.45, 2.75) is 37.0 Å². The molecule has 0 bridgehead atoms. The van der Waals surface area contributed by atoms with Gasteiger partial charge in [0.25, 0.3) is 0 Å². The highest BCUT2D eigenvalue weighted by Crippen LogP contribution is 2.37. The summed E-state index contributed by atoms with van der Waals surface area (Å²) < 4.78 is 40.9. The lowest BCUT2D eigenvalue weighted by molar-refractivity contribution is -0.356. The van der Waals surface area contributed by atoms with Gasteiger partial charge in [-0.05, 0) is 36.4 Å². The molecule has 5 rings (SSSR count). The van der Waals surface area contributed by atoms with Crippen molar-refractivity contribution in [3.8, 4) is 5.75 Å². The van der Waals surface area contributed by atoms with E-state index in [9.17, 15) is 9.59 Å². The number of ether oxygens (including phenoxy) is 7. The average Bonchev–Trinajstić information content (AvgIpc) is 2.98. The van der Waals surface area contributed by atoms with Crippen molar-refractivity contribution in [3.63, 3.8) is 0 Å². The van der Waals surface area contributed by atoms with Crippen molar-refractivity contribution in [1.29, 1.82) is 0 Å². The van der Waals surface area contributed by atoms with Crippen LogP contribution in [0, 0.1) is 0 Å². The van der Waals surface area contributed by atoms with E-state index >= 15 is 0 Å². The van der Waals surface area contributed by atoms with Gasteiger partial charge in [0.15, 0.2) is 24.8 Å². The second-order valence-corrected chi connectivity index (χ2v) is 8.79. The van der Waals surface area contributed by atoms with E-state index in [0.717, 1.165) is 5.56 Å². The Morgan fingerprint density at radius 2 is 1.32 bits per heavy atom. The molecule has 198 valence electrons. The summed E-state index contributed by atoms with van der Waals surface area (Å²) in [6.45, 7) is 0.139. The first kappa shape index (κ1) is 25.9. The average molecular weight is 521 g/mol. The van der Waals surface area contributed by atoms with E-state index < -0.39 is 48.9 Å². The van der Waals surface area contributed by atoms with Crippen LogP contribution >= 0.6 is 0 Å². The lowest BCUT2D eigenvalue weighted by Crippen LogP contribution is -2.64. The van der Waals surface area contributed by atoms with Crippen LogP contribution in [0.15, 0.2) is 84.9 Å². The monoisotopic (exact) mass is 520 g/mol. The highest BCUT2D eigenvalue weighted by molar-refractivity contribution is 5.90. The summed E-state index contributed by atoms with van der Waals surface area (Å²) in [5, 5.41) is 0. The summed E-state index contributed by atoms with van der Waals surface area (Å²) >= 11 is 0. The van der Waals surface area contributed by atoms with Crippen LogP contribution in [0.3, 0.4) is 0 Å². The van der Waals surface area contributed by atoms with Crippen molar-refractivity contribution in [3.05, 3.63) is 102 Å². The first-order valence-electron chi connectivity index (χ1n) is 12.2. The molecule has 2 fully saturated rings. The van der Waals surface area contributed by atoms with Gasteiger partial charge in [-0.2, -0.15) is 0 Å². The number of carbonyl (C=O) groups is 2. The first-order chi connectivity index (χ1) is 18.6. The van der Waals surface area contributed by atoms with E-state index in [1.807, 2.05) is 12.1 Å². The molecule has 0 aromatic heterocycles. The van der Waals surface area contributed by atoms with Gasteiger partial charge in [-0.25, -0.2) is 9.59 Å². The van der Waals surface area contributed by atoms with Gasteiger partial charge in [0, 0.05) is 12.7 Å². The van der Waals surface area contributed by atoms with Gasteiger partial charge in [0.1, 0.15) is 18.0 Å². The van der Waals surface area contributed by atoms with Crippen molar-refractivity contribution in [2.24, 2.45) is 0 Å². The summed E-state index contributed by atoms with van der Waals surface area (Å²) in [6, 6.07) is 24.3. The Morgan fingerprint density at radius 3 is 1.87 bits per heavy atom. The molecule has 0 amide bonds. The van der Waals surface area contributed by atoms with Crippen LogP contribution in [0.5, 0.6) is 5.75 Å². The Labute approximate surface area is 220 Å². The molecule has 0 radical (unpaired) electrons. The molecule has 3 aromatic rings. The summed E-state index contributed by atoms with van der Waals surface area (Å²) in [5.41, 5.74) is 1.42. The van der Waals surface area contributed by atoms with E-state index in [-0.39, 0.29) is 6.61 Å². The topological polar surface area (TPSA) is 98.8 Å². The van der Waals surface area contributed by atoms with Crippen LogP contribution in [-0.2, 0) is 28.4 Å². The molecule has 2 saturated heterocycles. The fraction of sp³-hybridized carbons (Fsp3) is 0.310. The second-order valence-electron chi connectivity index (χ2n) is 8.79. The largest absolute Gasteiger partial charge is 0.497 e. The standard InChI is InChI=1S/C29H28O9/c1-32-21-15-13-20(14-16-21)28-34-17-22-23(38-28)24(36-26(30)18-9-5-3-6-10-18)25(29(33-2)35-22)37-27(31)19-11-7-4-8-12-19/h3-16,22-25,28-29H,17H2,1-2H3/t22?,23-,24-,25?,28?,29+/m1/s1. The van der Waals surface area contributed by atoms with Crippen LogP contribution in [0.4, 0.5) is 0 Å². The molecule has 2 heterocycles. The van der Waals surface area contributed by atoms with Gasteiger partial charge >= 0.3 is 11.9 Å². The van der Waals surface area contributed by atoms with Crippen molar-refractivity contribution in [2.75, 3.05) is 20.8 Å². The molecular formula is C29H28O9. The summed E-state index contributed by atoms with van der Waals surface area (Å²) in [7, 11) is 3.01. The van der Waals surface area contributed by atoms with Gasteiger partial charge in [-0.3, -0.25) is 0 Å². The predicted molar refractivity (Wildman–Crippen MR) is 134 cm³/mol. The zero-order chi connectivity index (χ0) is 26.5. The van der Waals surface area contributed by atoms with Crippen LogP contribution in [0.2, 0.25) is 0 Å². The first-order valence-corrected chi connectivity index (χ1v) is 12.2. The van der Waals surface area contributed by atoms with Gasteiger partial charge in [-0.15, -0.1) is 0 Å². The Balaban J connectivity index is 1.45. The second kappa shape index (κ2) is 11.7. The third-order valence-corrected chi connectivity index (χ3v) is 6.41. The molecule has 0 aliphatic carbocycles. The number of benzene rings is 3. The minimum atomic E-state index is -1.11. The third-order valence-electron chi connectivity index (χ3n) is 6.41. The molecule has 6 atom stereocenters. The third kappa shape index (κ3) is 5.56. The SMILES string of the molecule is COc1ccc(C2OCC3O[C@H](OC)C(OC(=O)c4ccccc4)[C@H](OC(=O)c4ccccc4)[C@@H]3O2)cc1. The van der Waals surface area contributed by atoms with E-state index in [2.05, 4.69) is 0 Å². The number of fused-ring (bicyclic) bond motifs is 1. The summed E-state index contributed by atoms with van der Waals surface area (Å²) in [5.74, 6) is -0.517. The zero-order valence-electron chi connectivity index (χ0n) is 20.9. The molecule has 9 nitrogen and oxygen atoms in total. The van der Waals surface area contributed by atoms with Crippen LogP contribution in [-0.4, -0.2) is 63.5 Å². The van der Waals surface area contributed by atoms with Gasteiger partial charge in [0.05, 0.1) is 24.8 Å². The Hall–Kier alpha value is -3.76. The molecule has 0 N–H and O–H groups in total.